The van der Waals surface area contributed by atoms with E-state index in [0.29, 0.717) is 11.4 Å². The summed E-state index contributed by atoms with van der Waals surface area (Å²) in [4.78, 5) is 12.0. The van der Waals surface area contributed by atoms with Gasteiger partial charge < -0.3 is 11.1 Å². The molecule has 0 bridgehead atoms. The molecule has 1 aromatic rings. The van der Waals surface area contributed by atoms with Crippen molar-refractivity contribution in [2.75, 3.05) is 11.1 Å². The van der Waals surface area contributed by atoms with Crippen molar-refractivity contribution >= 4 is 27.1 Å². The highest BCUT2D eigenvalue weighted by Gasteiger charge is 2.30. The monoisotopic (exact) mass is 284 g/mol. The summed E-state index contributed by atoms with van der Waals surface area (Å²) in [6.07, 6.45) is 0. The Hall–Kier alpha value is -1.56. The maximum atomic E-state index is 12.0. The lowest BCUT2D eigenvalue weighted by Gasteiger charge is -2.16. The molecule has 0 aromatic heterocycles. The number of hydrogen-bond donors (Lipinski definition) is 2. The van der Waals surface area contributed by atoms with E-state index in [1.54, 1.807) is 39.0 Å². The molecule has 0 saturated heterocycles. The molecule has 1 amide bonds. The predicted molar refractivity (Wildman–Crippen MR) is 77.7 cm³/mol. The van der Waals surface area contributed by atoms with E-state index >= 15 is 0 Å². The maximum Gasteiger partial charge on any atom is 0.242 e. The standard InChI is InChI=1S/C13H20N2O3S/c1-8(2)19(17,18)10(4)13(16)15-12-6-5-11(14)7-9(12)3/h5-8,10H,14H2,1-4H3,(H,15,16). The molecule has 106 valence electrons. The largest absolute Gasteiger partial charge is 0.399 e. The first-order chi connectivity index (χ1) is 8.66. The van der Waals surface area contributed by atoms with Crippen LogP contribution >= 0.6 is 0 Å². The van der Waals surface area contributed by atoms with Gasteiger partial charge in [0.25, 0.3) is 0 Å². The van der Waals surface area contributed by atoms with Gasteiger partial charge in [-0.1, -0.05) is 0 Å². The summed E-state index contributed by atoms with van der Waals surface area (Å²) in [5.74, 6) is -0.526. The molecule has 0 fully saturated rings. The first-order valence-electron chi connectivity index (χ1n) is 6.06. The summed E-state index contributed by atoms with van der Waals surface area (Å²) in [7, 11) is -3.45. The Bertz CT molecular complexity index is 580. The van der Waals surface area contributed by atoms with Crippen LogP contribution in [-0.2, 0) is 14.6 Å². The van der Waals surface area contributed by atoms with Gasteiger partial charge in [-0.15, -0.1) is 0 Å². The van der Waals surface area contributed by atoms with Crippen molar-refractivity contribution in [2.45, 2.75) is 38.2 Å². The van der Waals surface area contributed by atoms with Crippen molar-refractivity contribution in [2.24, 2.45) is 0 Å². The molecule has 0 aliphatic rings. The Kier molecular flexibility index (Phi) is 4.57. The number of nitrogen functional groups attached to an aromatic ring is 1. The van der Waals surface area contributed by atoms with Crippen molar-refractivity contribution < 1.29 is 13.2 Å². The predicted octanol–water partition coefficient (Wildman–Crippen LogP) is 1.73. The smallest absolute Gasteiger partial charge is 0.242 e. The molecule has 19 heavy (non-hydrogen) atoms. The van der Waals surface area contributed by atoms with Crippen LogP contribution in [0.2, 0.25) is 0 Å². The van der Waals surface area contributed by atoms with Gasteiger partial charge in [0.2, 0.25) is 5.91 Å². The van der Waals surface area contributed by atoms with Crippen LogP contribution in [0.3, 0.4) is 0 Å². The molecule has 0 spiro atoms. The second-order valence-corrected chi connectivity index (χ2v) is 7.67. The minimum Gasteiger partial charge on any atom is -0.399 e. The van der Waals surface area contributed by atoms with Gasteiger partial charge in [0, 0.05) is 11.4 Å². The van der Waals surface area contributed by atoms with Gasteiger partial charge in [0.1, 0.15) is 5.25 Å². The Balaban J connectivity index is 2.92. The molecule has 0 saturated carbocycles. The molecule has 1 rings (SSSR count). The van der Waals surface area contributed by atoms with E-state index in [-0.39, 0.29) is 0 Å². The number of benzene rings is 1. The number of nitrogens with two attached hydrogens (primary N) is 1. The lowest BCUT2D eigenvalue weighted by Crippen LogP contribution is -2.36. The molecular weight excluding hydrogens is 264 g/mol. The molecule has 0 radical (unpaired) electrons. The molecule has 1 atom stereocenters. The molecule has 3 N–H and O–H groups in total. The summed E-state index contributed by atoms with van der Waals surface area (Å²) in [6, 6.07) is 5.04. The third kappa shape index (κ3) is 3.47. The molecular formula is C13H20N2O3S. The van der Waals surface area contributed by atoms with Crippen molar-refractivity contribution in [3.8, 4) is 0 Å². The zero-order valence-corrected chi connectivity index (χ0v) is 12.4. The second-order valence-electron chi connectivity index (χ2n) is 4.84. The average molecular weight is 284 g/mol. The number of amides is 1. The van der Waals surface area contributed by atoms with Crippen LogP contribution in [0.25, 0.3) is 0 Å². The lowest BCUT2D eigenvalue weighted by molar-refractivity contribution is -0.115. The van der Waals surface area contributed by atoms with E-state index < -0.39 is 26.2 Å². The van der Waals surface area contributed by atoms with E-state index in [2.05, 4.69) is 5.32 Å². The van der Waals surface area contributed by atoms with E-state index in [1.165, 1.54) is 6.92 Å². The van der Waals surface area contributed by atoms with Gasteiger partial charge in [-0.25, -0.2) is 8.42 Å². The van der Waals surface area contributed by atoms with Crippen LogP contribution < -0.4 is 11.1 Å². The molecule has 1 aromatic carbocycles. The molecule has 1 unspecified atom stereocenters. The first kappa shape index (κ1) is 15.5. The minimum absolute atomic E-state index is 0.526. The number of anilines is 2. The van der Waals surface area contributed by atoms with E-state index in [1.807, 2.05) is 0 Å². The quantitative estimate of drug-likeness (QED) is 0.824. The van der Waals surface area contributed by atoms with E-state index in [9.17, 15) is 13.2 Å². The third-order valence-electron chi connectivity index (χ3n) is 3.03. The first-order valence-corrected chi connectivity index (χ1v) is 7.67. The fourth-order valence-electron chi connectivity index (χ4n) is 1.62. The highest BCUT2D eigenvalue weighted by molar-refractivity contribution is 7.93. The van der Waals surface area contributed by atoms with Gasteiger partial charge in [-0.2, -0.15) is 0 Å². The van der Waals surface area contributed by atoms with Gasteiger partial charge in [0.05, 0.1) is 5.25 Å². The molecule has 0 aliphatic heterocycles. The van der Waals surface area contributed by atoms with Gasteiger partial charge in [-0.05, 0) is 51.5 Å². The highest BCUT2D eigenvalue weighted by atomic mass is 32.2. The number of sulfone groups is 1. The fourth-order valence-corrected chi connectivity index (χ4v) is 2.79. The van der Waals surface area contributed by atoms with E-state index in [4.69, 9.17) is 5.73 Å². The van der Waals surface area contributed by atoms with Crippen molar-refractivity contribution in [1.82, 2.24) is 0 Å². The summed E-state index contributed by atoms with van der Waals surface area (Å²) >= 11 is 0. The van der Waals surface area contributed by atoms with E-state index in [0.717, 1.165) is 5.56 Å². The van der Waals surface area contributed by atoms with Crippen molar-refractivity contribution in [3.63, 3.8) is 0 Å². The number of nitrogens with one attached hydrogen (secondary N) is 1. The van der Waals surface area contributed by atoms with Gasteiger partial charge in [-0.3, -0.25) is 4.79 Å². The molecule has 5 nitrogen and oxygen atoms in total. The summed E-state index contributed by atoms with van der Waals surface area (Å²) in [5, 5.41) is 0.963. The average Bonchev–Trinajstić information content (AvgIpc) is 2.31. The summed E-state index contributed by atoms with van der Waals surface area (Å²) < 4.78 is 23.8. The van der Waals surface area contributed by atoms with Crippen LogP contribution in [0.4, 0.5) is 11.4 Å². The third-order valence-corrected chi connectivity index (χ3v) is 5.54. The summed E-state index contributed by atoms with van der Waals surface area (Å²) in [6.45, 7) is 6.33. The van der Waals surface area contributed by atoms with Crippen LogP contribution in [0.5, 0.6) is 0 Å². The highest BCUT2D eigenvalue weighted by Crippen LogP contribution is 2.19. The maximum absolute atomic E-state index is 12.0. The van der Waals surface area contributed by atoms with Gasteiger partial charge >= 0.3 is 0 Å². The van der Waals surface area contributed by atoms with Crippen LogP contribution in [0.1, 0.15) is 26.3 Å². The topological polar surface area (TPSA) is 89.3 Å². The Morgan fingerprint density at radius 1 is 1.26 bits per heavy atom. The second kappa shape index (κ2) is 5.61. The SMILES string of the molecule is Cc1cc(N)ccc1NC(=O)C(C)S(=O)(=O)C(C)C. The number of hydrogen-bond acceptors (Lipinski definition) is 4. The Morgan fingerprint density at radius 3 is 2.32 bits per heavy atom. The Labute approximate surface area is 114 Å². The van der Waals surface area contributed by atoms with Crippen molar-refractivity contribution in [1.29, 1.82) is 0 Å². The number of carbonyl (C=O) groups is 1. The zero-order chi connectivity index (χ0) is 14.8. The minimum atomic E-state index is -3.45. The normalized spacial score (nSPS) is 13.3. The van der Waals surface area contributed by atoms with Crippen molar-refractivity contribution in [3.05, 3.63) is 23.8 Å². The number of aryl methyl sites for hydroxylation is 1. The molecule has 6 heteroatoms. The molecule has 0 aliphatic carbocycles. The number of carbonyl (C=O) groups excluding carboxylic acids is 1. The van der Waals surface area contributed by atoms with Gasteiger partial charge in [0.15, 0.2) is 9.84 Å². The summed E-state index contributed by atoms with van der Waals surface area (Å²) in [5.41, 5.74) is 7.58. The molecule has 0 heterocycles. The lowest BCUT2D eigenvalue weighted by atomic mass is 10.2. The van der Waals surface area contributed by atoms with Crippen LogP contribution in [0, 0.1) is 6.92 Å². The number of rotatable bonds is 4. The van der Waals surface area contributed by atoms with Crippen LogP contribution in [0.15, 0.2) is 18.2 Å². The van der Waals surface area contributed by atoms with Crippen LogP contribution in [-0.4, -0.2) is 24.8 Å². The fraction of sp³-hybridized carbons (Fsp3) is 0.462. The zero-order valence-electron chi connectivity index (χ0n) is 11.6. The Morgan fingerprint density at radius 2 is 1.84 bits per heavy atom.